The number of aromatic nitrogens is 5. The summed E-state index contributed by atoms with van der Waals surface area (Å²) in [6, 6.07) is 7.07. The van der Waals surface area contributed by atoms with E-state index in [1.165, 1.54) is 4.68 Å². The lowest BCUT2D eigenvalue weighted by Crippen LogP contribution is -2.33. The van der Waals surface area contributed by atoms with Gasteiger partial charge in [0.15, 0.2) is 5.69 Å². The van der Waals surface area contributed by atoms with Crippen LogP contribution < -0.4 is 10.9 Å². The Hall–Kier alpha value is -3.03. The topological polar surface area (TPSA) is 106 Å². The number of benzene rings is 1. The van der Waals surface area contributed by atoms with Crippen molar-refractivity contribution in [2.24, 2.45) is 0 Å². The normalized spacial score (nSPS) is 13.6. The molecule has 8 heteroatoms. The van der Waals surface area contributed by atoms with Gasteiger partial charge in [0.2, 0.25) is 0 Å². The average Bonchev–Trinajstić information content (AvgIpc) is 3.08. The number of fused-ring (bicyclic) bond motifs is 2. The maximum absolute atomic E-state index is 12.4. The number of rotatable bonds is 4. The Morgan fingerprint density at radius 2 is 2.08 bits per heavy atom. The number of amides is 1. The lowest BCUT2D eigenvalue weighted by atomic mass is 9.96. The highest BCUT2D eigenvalue weighted by molar-refractivity contribution is 5.94. The first-order valence-corrected chi connectivity index (χ1v) is 8.41. The third kappa shape index (κ3) is 2.90. The van der Waals surface area contributed by atoms with Crippen LogP contribution in [0.2, 0.25) is 0 Å². The molecule has 0 fully saturated rings. The minimum atomic E-state index is -0.221. The van der Waals surface area contributed by atoms with Crippen molar-refractivity contribution in [3.63, 3.8) is 0 Å². The van der Waals surface area contributed by atoms with Gasteiger partial charge in [0.05, 0.1) is 11.9 Å². The number of H-pyrrole nitrogens is 1. The predicted molar refractivity (Wildman–Crippen MR) is 91.4 cm³/mol. The maximum atomic E-state index is 12.4. The van der Waals surface area contributed by atoms with E-state index in [1.54, 1.807) is 18.2 Å². The van der Waals surface area contributed by atoms with E-state index in [2.05, 4.69) is 25.8 Å². The van der Waals surface area contributed by atoms with Gasteiger partial charge in [-0.15, -0.1) is 5.10 Å². The summed E-state index contributed by atoms with van der Waals surface area (Å²) in [4.78, 5) is 24.7. The van der Waals surface area contributed by atoms with Gasteiger partial charge in [-0.1, -0.05) is 17.3 Å². The van der Waals surface area contributed by atoms with Crippen LogP contribution in [0.25, 0.3) is 10.9 Å². The summed E-state index contributed by atoms with van der Waals surface area (Å²) >= 11 is 0. The van der Waals surface area contributed by atoms with Crippen LogP contribution in [0.3, 0.4) is 0 Å². The molecule has 0 radical (unpaired) electrons. The van der Waals surface area contributed by atoms with Crippen molar-refractivity contribution in [2.75, 3.05) is 6.54 Å². The van der Waals surface area contributed by atoms with Crippen LogP contribution in [-0.4, -0.2) is 37.6 Å². The van der Waals surface area contributed by atoms with Gasteiger partial charge in [0.25, 0.3) is 11.5 Å². The summed E-state index contributed by atoms with van der Waals surface area (Å²) in [6.45, 7) is 0.544. The summed E-state index contributed by atoms with van der Waals surface area (Å²) < 4.78 is 1.27. The molecule has 4 rings (SSSR count). The molecule has 0 aliphatic heterocycles. The van der Waals surface area contributed by atoms with Crippen LogP contribution >= 0.6 is 0 Å². The molecule has 1 aliphatic carbocycles. The van der Waals surface area contributed by atoms with Crippen LogP contribution in [0.4, 0.5) is 0 Å². The quantitative estimate of drug-likeness (QED) is 0.733. The molecular weight excluding hydrogens is 320 g/mol. The molecule has 0 bridgehead atoms. The summed E-state index contributed by atoms with van der Waals surface area (Å²) in [5.41, 5.74) is 2.90. The molecule has 0 saturated heterocycles. The molecule has 0 saturated carbocycles. The Balaban J connectivity index is 1.44. The largest absolute Gasteiger partial charge is 0.349 e. The Bertz CT molecular complexity index is 990. The van der Waals surface area contributed by atoms with Gasteiger partial charge in [-0.3, -0.25) is 14.7 Å². The van der Waals surface area contributed by atoms with Gasteiger partial charge < -0.3 is 5.32 Å². The second-order valence-corrected chi connectivity index (χ2v) is 6.13. The number of hydrogen-bond acceptors (Lipinski definition) is 5. The first-order chi connectivity index (χ1) is 12.2. The molecule has 2 aromatic heterocycles. The predicted octanol–water partition coefficient (Wildman–Crippen LogP) is 0.823. The molecule has 0 atom stereocenters. The Morgan fingerprint density at radius 3 is 3.00 bits per heavy atom. The molecule has 25 heavy (non-hydrogen) atoms. The van der Waals surface area contributed by atoms with E-state index < -0.39 is 0 Å². The average molecular weight is 338 g/mol. The zero-order chi connectivity index (χ0) is 17.2. The van der Waals surface area contributed by atoms with Crippen molar-refractivity contribution >= 4 is 16.8 Å². The van der Waals surface area contributed by atoms with Crippen LogP contribution in [0.5, 0.6) is 0 Å². The number of carbonyl (C=O) groups is 1. The van der Waals surface area contributed by atoms with Crippen molar-refractivity contribution in [3.8, 4) is 0 Å². The van der Waals surface area contributed by atoms with E-state index in [0.717, 1.165) is 36.9 Å². The highest BCUT2D eigenvalue weighted by Gasteiger charge is 2.21. The summed E-state index contributed by atoms with van der Waals surface area (Å²) in [5.74, 6) is -0.221. The van der Waals surface area contributed by atoms with E-state index >= 15 is 0 Å². The van der Waals surface area contributed by atoms with Gasteiger partial charge in [-0.25, -0.2) is 4.68 Å². The third-order valence-electron chi connectivity index (χ3n) is 4.51. The Morgan fingerprint density at radius 1 is 1.24 bits per heavy atom. The van der Waals surface area contributed by atoms with Crippen molar-refractivity contribution in [3.05, 3.63) is 51.6 Å². The second-order valence-electron chi connectivity index (χ2n) is 6.13. The van der Waals surface area contributed by atoms with Crippen LogP contribution in [-0.2, 0) is 19.4 Å². The van der Waals surface area contributed by atoms with Crippen molar-refractivity contribution in [1.82, 2.24) is 30.5 Å². The van der Waals surface area contributed by atoms with E-state index in [9.17, 15) is 9.59 Å². The van der Waals surface area contributed by atoms with Crippen LogP contribution in [0.15, 0.2) is 29.1 Å². The molecule has 2 N–H and O–H groups in total. The first kappa shape index (κ1) is 15.5. The number of hydrogen-bond donors (Lipinski definition) is 2. The molecule has 128 valence electrons. The second kappa shape index (κ2) is 6.46. The molecule has 1 amide bonds. The zero-order valence-corrected chi connectivity index (χ0v) is 13.7. The highest BCUT2D eigenvalue weighted by atomic mass is 16.2. The monoisotopic (exact) mass is 338 g/mol. The van der Waals surface area contributed by atoms with E-state index in [0.29, 0.717) is 16.6 Å². The molecular formula is C17H18N6O2. The minimum Gasteiger partial charge on any atom is -0.349 e. The van der Waals surface area contributed by atoms with Gasteiger partial charge in [-0.2, -0.15) is 5.10 Å². The molecule has 0 unspecified atom stereocenters. The molecule has 1 aliphatic rings. The number of nitrogens with zero attached hydrogens (tertiary/aromatic N) is 4. The SMILES string of the molecule is O=C(NCCn1nnc2ccccc2c1=O)c1n[nH]c2c1CCCC2. The number of aryl methyl sites for hydroxylation is 1. The van der Waals surface area contributed by atoms with Crippen molar-refractivity contribution in [2.45, 2.75) is 32.2 Å². The van der Waals surface area contributed by atoms with Gasteiger partial charge in [0.1, 0.15) is 5.52 Å². The third-order valence-corrected chi connectivity index (χ3v) is 4.51. The smallest absolute Gasteiger partial charge is 0.277 e. The number of aromatic amines is 1. The Labute approximate surface area is 143 Å². The van der Waals surface area contributed by atoms with E-state index in [1.807, 2.05) is 6.07 Å². The van der Waals surface area contributed by atoms with Gasteiger partial charge in [-0.05, 0) is 37.8 Å². The Kier molecular flexibility index (Phi) is 4.01. The number of carbonyl (C=O) groups excluding carboxylic acids is 1. The number of nitrogens with one attached hydrogen (secondary N) is 2. The fourth-order valence-electron chi connectivity index (χ4n) is 3.20. The van der Waals surface area contributed by atoms with Crippen molar-refractivity contribution in [1.29, 1.82) is 0 Å². The molecule has 0 spiro atoms. The van der Waals surface area contributed by atoms with E-state index in [-0.39, 0.29) is 24.6 Å². The first-order valence-electron chi connectivity index (χ1n) is 8.41. The molecule has 8 nitrogen and oxygen atoms in total. The summed E-state index contributed by atoms with van der Waals surface area (Å²) in [7, 11) is 0. The molecule has 3 aromatic rings. The van der Waals surface area contributed by atoms with Crippen LogP contribution in [0.1, 0.15) is 34.6 Å². The minimum absolute atomic E-state index is 0.211. The van der Waals surface area contributed by atoms with E-state index in [4.69, 9.17) is 0 Å². The maximum Gasteiger partial charge on any atom is 0.277 e. The van der Waals surface area contributed by atoms with Crippen LogP contribution in [0, 0.1) is 0 Å². The fraction of sp³-hybridized carbons (Fsp3) is 0.353. The van der Waals surface area contributed by atoms with Crippen molar-refractivity contribution < 1.29 is 4.79 Å². The fourth-order valence-corrected chi connectivity index (χ4v) is 3.20. The standard InChI is InChI=1S/C17H18N6O2/c24-16(15-11-5-1-3-7-13(11)19-21-15)18-9-10-23-17(25)12-6-2-4-8-14(12)20-22-23/h2,4,6,8H,1,3,5,7,9-10H2,(H,18,24)(H,19,21). The summed E-state index contributed by atoms with van der Waals surface area (Å²) in [6.07, 6.45) is 4.02. The van der Waals surface area contributed by atoms with Gasteiger partial charge in [0, 0.05) is 17.8 Å². The lowest BCUT2D eigenvalue weighted by molar-refractivity contribution is 0.0945. The molecule has 2 heterocycles. The zero-order valence-electron chi connectivity index (χ0n) is 13.7. The molecule has 1 aromatic carbocycles. The highest BCUT2D eigenvalue weighted by Crippen LogP contribution is 2.21. The summed E-state index contributed by atoms with van der Waals surface area (Å²) in [5, 5.41) is 18.4. The van der Waals surface area contributed by atoms with Gasteiger partial charge >= 0.3 is 0 Å². The lowest BCUT2D eigenvalue weighted by Gasteiger charge is -2.11.